The summed E-state index contributed by atoms with van der Waals surface area (Å²) in [5.74, 6) is 0.265. The topological polar surface area (TPSA) is 34.4 Å². The summed E-state index contributed by atoms with van der Waals surface area (Å²) in [6, 6.07) is 5.94. The van der Waals surface area contributed by atoms with Crippen molar-refractivity contribution in [3.63, 3.8) is 0 Å². The highest BCUT2D eigenvalue weighted by molar-refractivity contribution is 5.93. The van der Waals surface area contributed by atoms with Gasteiger partial charge in [0.15, 0.2) is 0 Å². The Morgan fingerprint density at radius 3 is 2.93 bits per heavy atom. The third kappa shape index (κ3) is 1.06. The number of ketones is 1. The molecular weight excluding hydrogens is 188 g/mol. The van der Waals surface area contributed by atoms with Crippen molar-refractivity contribution in [3.8, 4) is 0 Å². The first-order valence-corrected chi connectivity index (χ1v) is 5.18. The van der Waals surface area contributed by atoms with Gasteiger partial charge in [0.25, 0.3) is 0 Å². The van der Waals surface area contributed by atoms with Crippen LogP contribution in [-0.2, 0) is 10.2 Å². The number of carbonyl (C=O) groups excluding carboxylic acids is 1. The molecule has 1 aliphatic carbocycles. The van der Waals surface area contributed by atoms with Crippen LogP contribution in [0.25, 0.3) is 5.52 Å². The van der Waals surface area contributed by atoms with Crippen LogP contribution in [0.2, 0.25) is 0 Å². The Hall–Kier alpha value is -1.64. The summed E-state index contributed by atoms with van der Waals surface area (Å²) in [5, 5.41) is 4.27. The van der Waals surface area contributed by atoms with E-state index in [2.05, 4.69) is 5.10 Å². The summed E-state index contributed by atoms with van der Waals surface area (Å²) < 4.78 is 1.83. The summed E-state index contributed by atoms with van der Waals surface area (Å²) >= 11 is 0. The van der Waals surface area contributed by atoms with Crippen LogP contribution in [0.5, 0.6) is 0 Å². The van der Waals surface area contributed by atoms with Crippen LogP contribution in [0.4, 0.5) is 0 Å². The molecule has 15 heavy (non-hydrogen) atoms. The van der Waals surface area contributed by atoms with Gasteiger partial charge in [0.05, 0.1) is 17.1 Å². The van der Waals surface area contributed by atoms with Crippen LogP contribution in [0.3, 0.4) is 0 Å². The van der Waals surface area contributed by atoms with Gasteiger partial charge < -0.3 is 0 Å². The molecule has 3 nitrogen and oxygen atoms in total. The summed E-state index contributed by atoms with van der Waals surface area (Å²) in [6.07, 6.45) is 5.69. The molecule has 0 N–H and O–H groups in total. The van der Waals surface area contributed by atoms with Gasteiger partial charge in [0.2, 0.25) is 0 Å². The second kappa shape index (κ2) is 2.69. The van der Waals surface area contributed by atoms with Crippen molar-refractivity contribution in [2.75, 3.05) is 0 Å². The molecule has 2 aromatic rings. The number of rotatable bonds is 2. The van der Waals surface area contributed by atoms with Gasteiger partial charge in [0.1, 0.15) is 5.78 Å². The minimum Gasteiger partial charge on any atom is -0.299 e. The first-order chi connectivity index (χ1) is 7.24. The summed E-state index contributed by atoms with van der Waals surface area (Å²) in [7, 11) is 0. The Bertz CT molecular complexity index is 537. The predicted molar refractivity (Wildman–Crippen MR) is 56.8 cm³/mol. The van der Waals surface area contributed by atoms with Gasteiger partial charge >= 0.3 is 0 Å². The number of nitrogens with zero attached hydrogens (tertiary/aromatic N) is 2. The number of aromatic nitrogens is 2. The van der Waals surface area contributed by atoms with E-state index in [9.17, 15) is 4.79 Å². The van der Waals surface area contributed by atoms with E-state index < -0.39 is 0 Å². The maximum atomic E-state index is 11.6. The van der Waals surface area contributed by atoms with Gasteiger partial charge in [-0.15, -0.1) is 0 Å². The maximum Gasteiger partial charge on any atom is 0.140 e. The van der Waals surface area contributed by atoms with Crippen LogP contribution in [0, 0.1) is 0 Å². The van der Waals surface area contributed by atoms with Crippen molar-refractivity contribution in [1.82, 2.24) is 9.61 Å². The molecule has 2 aromatic heterocycles. The van der Waals surface area contributed by atoms with E-state index in [1.807, 2.05) is 35.1 Å². The Morgan fingerprint density at radius 2 is 2.27 bits per heavy atom. The van der Waals surface area contributed by atoms with E-state index in [0.717, 1.165) is 23.9 Å². The second-order valence-electron chi connectivity index (χ2n) is 4.23. The zero-order valence-electron chi connectivity index (χ0n) is 8.60. The van der Waals surface area contributed by atoms with Gasteiger partial charge in [-0.25, -0.2) is 4.52 Å². The van der Waals surface area contributed by atoms with Crippen molar-refractivity contribution in [1.29, 1.82) is 0 Å². The Labute approximate surface area is 87.7 Å². The molecule has 0 spiro atoms. The average Bonchev–Trinajstić information content (AvgIpc) is 2.93. The molecule has 3 heteroatoms. The standard InChI is InChI=1S/C12H12N2O/c1-9(15)12(5-6-12)10-8-13-14-7-3-2-4-11(10)14/h2-4,7-8H,5-6H2,1H3. The molecule has 0 aromatic carbocycles. The summed E-state index contributed by atoms with van der Waals surface area (Å²) in [5.41, 5.74) is 1.93. The van der Waals surface area contributed by atoms with Gasteiger partial charge in [-0.2, -0.15) is 5.10 Å². The smallest absolute Gasteiger partial charge is 0.140 e. The quantitative estimate of drug-likeness (QED) is 0.742. The van der Waals surface area contributed by atoms with E-state index in [1.54, 1.807) is 6.92 Å². The number of hydrogen-bond donors (Lipinski definition) is 0. The minimum absolute atomic E-state index is 0.219. The van der Waals surface area contributed by atoms with Crippen molar-refractivity contribution >= 4 is 11.3 Å². The van der Waals surface area contributed by atoms with Crippen LogP contribution in [0.1, 0.15) is 25.3 Å². The van der Waals surface area contributed by atoms with Gasteiger partial charge in [-0.05, 0) is 31.9 Å². The molecule has 0 amide bonds. The predicted octanol–water partition coefficient (Wildman–Crippen LogP) is 1.95. The normalized spacial score (nSPS) is 17.9. The molecule has 0 unspecified atom stereocenters. The van der Waals surface area contributed by atoms with Crippen molar-refractivity contribution in [2.45, 2.75) is 25.2 Å². The highest BCUT2D eigenvalue weighted by atomic mass is 16.1. The lowest BCUT2D eigenvalue weighted by Crippen LogP contribution is -2.16. The van der Waals surface area contributed by atoms with Crippen LogP contribution in [0.15, 0.2) is 30.6 Å². The number of pyridine rings is 1. The highest BCUT2D eigenvalue weighted by Crippen LogP contribution is 2.50. The van der Waals surface area contributed by atoms with Crippen molar-refractivity contribution in [3.05, 3.63) is 36.2 Å². The van der Waals surface area contributed by atoms with E-state index in [-0.39, 0.29) is 11.2 Å². The van der Waals surface area contributed by atoms with Crippen LogP contribution < -0.4 is 0 Å². The molecule has 2 heterocycles. The monoisotopic (exact) mass is 200 g/mol. The minimum atomic E-state index is -0.219. The molecule has 3 rings (SSSR count). The zero-order valence-corrected chi connectivity index (χ0v) is 8.60. The fourth-order valence-electron chi connectivity index (χ4n) is 2.24. The Balaban J connectivity index is 2.24. The van der Waals surface area contributed by atoms with Crippen molar-refractivity contribution in [2.24, 2.45) is 0 Å². The number of fused-ring (bicyclic) bond motifs is 1. The first kappa shape index (κ1) is 8.65. The molecule has 0 saturated heterocycles. The Morgan fingerprint density at radius 1 is 1.47 bits per heavy atom. The van der Waals surface area contributed by atoms with Crippen LogP contribution >= 0.6 is 0 Å². The van der Waals surface area contributed by atoms with Gasteiger partial charge in [-0.3, -0.25) is 4.79 Å². The molecule has 1 saturated carbocycles. The van der Waals surface area contributed by atoms with E-state index in [4.69, 9.17) is 0 Å². The lowest BCUT2D eigenvalue weighted by molar-refractivity contribution is -0.119. The van der Waals surface area contributed by atoms with E-state index >= 15 is 0 Å². The summed E-state index contributed by atoms with van der Waals surface area (Å²) in [4.78, 5) is 11.6. The fraction of sp³-hybridized carbons (Fsp3) is 0.333. The molecule has 0 atom stereocenters. The second-order valence-corrected chi connectivity index (χ2v) is 4.23. The van der Waals surface area contributed by atoms with Crippen molar-refractivity contribution < 1.29 is 4.79 Å². The zero-order chi connectivity index (χ0) is 10.5. The number of Topliss-reactive ketones (excluding diaryl/α,β-unsaturated/α-hetero) is 1. The lowest BCUT2D eigenvalue weighted by Gasteiger charge is -2.08. The molecule has 1 fully saturated rings. The SMILES string of the molecule is CC(=O)C1(c2cnn3ccccc23)CC1. The van der Waals surface area contributed by atoms with Crippen LogP contribution in [-0.4, -0.2) is 15.4 Å². The maximum absolute atomic E-state index is 11.6. The molecule has 76 valence electrons. The van der Waals surface area contributed by atoms with E-state index in [1.165, 1.54) is 0 Å². The third-order valence-electron chi connectivity index (χ3n) is 3.37. The molecule has 0 bridgehead atoms. The molecule has 0 aliphatic heterocycles. The largest absolute Gasteiger partial charge is 0.299 e. The first-order valence-electron chi connectivity index (χ1n) is 5.18. The third-order valence-corrected chi connectivity index (χ3v) is 3.37. The molecule has 1 aliphatic rings. The van der Waals surface area contributed by atoms with Gasteiger partial charge in [0, 0.05) is 11.8 Å². The van der Waals surface area contributed by atoms with Gasteiger partial charge in [-0.1, -0.05) is 6.07 Å². The lowest BCUT2D eigenvalue weighted by atomic mass is 9.93. The highest BCUT2D eigenvalue weighted by Gasteiger charge is 2.50. The fourth-order valence-corrected chi connectivity index (χ4v) is 2.24. The summed E-state index contributed by atoms with van der Waals surface area (Å²) in [6.45, 7) is 1.68. The average molecular weight is 200 g/mol. The van der Waals surface area contributed by atoms with E-state index in [0.29, 0.717) is 0 Å². The Kier molecular flexibility index (Phi) is 1.55. The number of hydrogen-bond acceptors (Lipinski definition) is 2. The molecule has 0 radical (unpaired) electrons. The number of carbonyl (C=O) groups is 1. The molecular formula is C12H12N2O.